The summed E-state index contributed by atoms with van der Waals surface area (Å²) in [5.41, 5.74) is 0.714. The molecule has 86 valence electrons. The van der Waals surface area contributed by atoms with Crippen molar-refractivity contribution in [3.8, 4) is 0 Å². The number of nitrogens with zero attached hydrogens (tertiary/aromatic N) is 2. The van der Waals surface area contributed by atoms with Gasteiger partial charge in [-0.25, -0.2) is 0 Å². The molecule has 1 fully saturated rings. The van der Waals surface area contributed by atoms with Gasteiger partial charge in [-0.1, -0.05) is 0 Å². The van der Waals surface area contributed by atoms with E-state index in [1.807, 2.05) is 4.90 Å². The Bertz CT molecular complexity index is 345. The van der Waals surface area contributed by atoms with Gasteiger partial charge in [0.1, 0.15) is 0 Å². The molecule has 4 nitrogen and oxygen atoms in total. The van der Waals surface area contributed by atoms with Crippen LogP contribution < -0.4 is 0 Å². The molecule has 1 aromatic heterocycles. The number of carbonyl (C=O) groups is 1. The fraction of sp³-hybridized carbons (Fsp3) is 0.500. The fourth-order valence-electron chi connectivity index (χ4n) is 1.97. The van der Waals surface area contributed by atoms with E-state index in [-0.39, 0.29) is 5.91 Å². The summed E-state index contributed by atoms with van der Waals surface area (Å²) in [6, 6.07) is 3.51. The summed E-state index contributed by atoms with van der Waals surface area (Å²) in [4.78, 5) is 17.8. The Balaban J connectivity index is 1.97. The van der Waals surface area contributed by atoms with Gasteiger partial charge in [0.2, 0.25) is 0 Å². The largest absolute Gasteiger partial charge is 0.381 e. The number of piperidine rings is 1. The maximum atomic E-state index is 12.1. The molecule has 1 aromatic rings. The van der Waals surface area contributed by atoms with Crippen molar-refractivity contribution in [1.29, 1.82) is 0 Å². The Morgan fingerprint density at radius 3 is 2.56 bits per heavy atom. The Morgan fingerprint density at radius 2 is 2.00 bits per heavy atom. The number of methoxy groups -OCH3 is 1. The number of hydrogen-bond acceptors (Lipinski definition) is 3. The molecule has 1 aliphatic heterocycles. The van der Waals surface area contributed by atoms with Crippen LogP contribution in [0.15, 0.2) is 24.5 Å². The number of likely N-dealkylation sites (tertiary alicyclic amines) is 1. The molecule has 0 N–H and O–H groups in total. The van der Waals surface area contributed by atoms with Gasteiger partial charge >= 0.3 is 0 Å². The second kappa shape index (κ2) is 5.07. The van der Waals surface area contributed by atoms with Crippen LogP contribution in [0.5, 0.6) is 0 Å². The van der Waals surface area contributed by atoms with E-state index in [1.54, 1.807) is 31.6 Å². The first-order valence-corrected chi connectivity index (χ1v) is 5.53. The van der Waals surface area contributed by atoms with Crippen LogP contribution in [-0.4, -0.2) is 42.1 Å². The van der Waals surface area contributed by atoms with Gasteiger partial charge in [-0.15, -0.1) is 0 Å². The third-order valence-corrected chi connectivity index (χ3v) is 2.99. The molecular weight excluding hydrogens is 204 g/mol. The quantitative estimate of drug-likeness (QED) is 0.755. The van der Waals surface area contributed by atoms with Crippen LogP contribution in [0.1, 0.15) is 23.2 Å². The highest BCUT2D eigenvalue weighted by Crippen LogP contribution is 2.15. The highest BCUT2D eigenvalue weighted by atomic mass is 16.5. The minimum atomic E-state index is 0.0944. The predicted octanol–water partition coefficient (Wildman–Crippen LogP) is 1.33. The van der Waals surface area contributed by atoms with Crippen LogP contribution >= 0.6 is 0 Å². The third-order valence-electron chi connectivity index (χ3n) is 2.99. The molecule has 0 radical (unpaired) electrons. The second-order valence-corrected chi connectivity index (χ2v) is 3.96. The van der Waals surface area contributed by atoms with E-state index in [0.29, 0.717) is 11.7 Å². The topological polar surface area (TPSA) is 42.4 Å². The zero-order valence-corrected chi connectivity index (χ0v) is 9.43. The van der Waals surface area contributed by atoms with E-state index < -0.39 is 0 Å². The van der Waals surface area contributed by atoms with Gasteiger partial charge in [0.05, 0.1) is 6.10 Å². The highest BCUT2D eigenvalue weighted by Gasteiger charge is 2.23. The first-order valence-electron chi connectivity index (χ1n) is 5.53. The predicted molar refractivity (Wildman–Crippen MR) is 60.2 cm³/mol. The van der Waals surface area contributed by atoms with Crippen molar-refractivity contribution >= 4 is 5.91 Å². The molecule has 4 heteroatoms. The maximum absolute atomic E-state index is 12.1. The van der Waals surface area contributed by atoms with Crippen molar-refractivity contribution in [1.82, 2.24) is 9.88 Å². The first-order chi connectivity index (χ1) is 7.81. The lowest BCUT2D eigenvalue weighted by Gasteiger charge is -2.31. The Kier molecular flexibility index (Phi) is 3.51. The Labute approximate surface area is 95.2 Å². The molecular formula is C12H16N2O2. The number of pyridine rings is 1. The molecule has 0 unspecified atom stereocenters. The van der Waals surface area contributed by atoms with Gasteiger partial charge in [0, 0.05) is 38.2 Å². The average molecular weight is 220 g/mol. The molecule has 1 amide bonds. The van der Waals surface area contributed by atoms with Gasteiger partial charge in [-0.2, -0.15) is 0 Å². The van der Waals surface area contributed by atoms with Crippen molar-refractivity contribution < 1.29 is 9.53 Å². The summed E-state index contributed by atoms with van der Waals surface area (Å²) in [5, 5.41) is 0. The zero-order chi connectivity index (χ0) is 11.4. The normalized spacial score (nSPS) is 17.4. The van der Waals surface area contributed by atoms with Crippen molar-refractivity contribution in [3.05, 3.63) is 30.1 Å². The number of amides is 1. The minimum absolute atomic E-state index is 0.0944. The molecule has 1 saturated heterocycles. The van der Waals surface area contributed by atoms with E-state index in [1.165, 1.54) is 0 Å². The number of rotatable bonds is 2. The van der Waals surface area contributed by atoms with E-state index in [2.05, 4.69) is 4.98 Å². The molecule has 1 aliphatic rings. The smallest absolute Gasteiger partial charge is 0.253 e. The van der Waals surface area contributed by atoms with Gasteiger partial charge < -0.3 is 9.64 Å². The van der Waals surface area contributed by atoms with Crippen molar-refractivity contribution in [2.45, 2.75) is 18.9 Å². The second-order valence-electron chi connectivity index (χ2n) is 3.96. The molecule has 2 heterocycles. The average Bonchev–Trinajstić information content (AvgIpc) is 2.39. The molecule has 0 spiro atoms. The summed E-state index contributed by atoms with van der Waals surface area (Å²) in [6.45, 7) is 1.55. The van der Waals surface area contributed by atoms with Gasteiger partial charge in [-0.3, -0.25) is 9.78 Å². The van der Waals surface area contributed by atoms with Crippen LogP contribution in [0.2, 0.25) is 0 Å². The molecule has 0 saturated carbocycles. The molecule has 2 rings (SSSR count). The standard InChI is InChI=1S/C12H16N2O2/c1-16-11-4-8-14(9-5-11)12(15)10-2-6-13-7-3-10/h2-3,6-7,11H,4-5,8-9H2,1H3. The van der Waals surface area contributed by atoms with E-state index in [0.717, 1.165) is 25.9 Å². The summed E-state index contributed by atoms with van der Waals surface area (Å²) < 4.78 is 5.28. The number of carbonyl (C=O) groups excluding carboxylic acids is 1. The lowest BCUT2D eigenvalue weighted by Crippen LogP contribution is -2.40. The lowest BCUT2D eigenvalue weighted by molar-refractivity contribution is 0.0350. The van der Waals surface area contributed by atoms with E-state index >= 15 is 0 Å². The zero-order valence-electron chi connectivity index (χ0n) is 9.43. The number of hydrogen-bond donors (Lipinski definition) is 0. The molecule has 0 aromatic carbocycles. The van der Waals surface area contributed by atoms with Gasteiger partial charge in [0.25, 0.3) is 5.91 Å². The first kappa shape index (κ1) is 11.1. The van der Waals surface area contributed by atoms with Crippen LogP contribution in [0, 0.1) is 0 Å². The molecule has 0 atom stereocenters. The maximum Gasteiger partial charge on any atom is 0.253 e. The van der Waals surface area contributed by atoms with Gasteiger partial charge in [0.15, 0.2) is 0 Å². The van der Waals surface area contributed by atoms with Crippen molar-refractivity contribution in [2.75, 3.05) is 20.2 Å². The van der Waals surface area contributed by atoms with Crippen LogP contribution in [0.4, 0.5) is 0 Å². The summed E-state index contributed by atoms with van der Waals surface area (Å²) in [6.07, 6.45) is 5.45. The monoisotopic (exact) mass is 220 g/mol. The third kappa shape index (κ3) is 2.39. The van der Waals surface area contributed by atoms with E-state index in [9.17, 15) is 4.79 Å². The van der Waals surface area contributed by atoms with Crippen LogP contribution in [0.3, 0.4) is 0 Å². The summed E-state index contributed by atoms with van der Waals surface area (Å²) in [5.74, 6) is 0.0944. The lowest BCUT2D eigenvalue weighted by atomic mass is 10.1. The van der Waals surface area contributed by atoms with Crippen molar-refractivity contribution in [2.24, 2.45) is 0 Å². The summed E-state index contributed by atoms with van der Waals surface area (Å²) in [7, 11) is 1.73. The fourth-order valence-corrected chi connectivity index (χ4v) is 1.97. The molecule has 0 bridgehead atoms. The number of ether oxygens (including phenoxy) is 1. The Morgan fingerprint density at radius 1 is 1.38 bits per heavy atom. The molecule has 0 aliphatic carbocycles. The Hall–Kier alpha value is -1.42. The van der Waals surface area contributed by atoms with Crippen molar-refractivity contribution in [3.63, 3.8) is 0 Å². The SMILES string of the molecule is COC1CCN(C(=O)c2ccncc2)CC1. The molecule has 16 heavy (non-hydrogen) atoms. The minimum Gasteiger partial charge on any atom is -0.381 e. The number of aromatic nitrogens is 1. The van der Waals surface area contributed by atoms with Crippen LogP contribution in [-0.2, 0) is 4.74 Å². The highest BCUT2D eigenvalue weighted by molar-refractivity contribution is 5.94. The van der Waals surface area contributed by atoms with Gasteiger partial charge in [-0.05, 0) is 25.0 Å². The summed E-state index contributed by atoms with van der Waals surface area (Å²) >= 11 is 0. The van der Waals surface area contributed by atoms with E-state index in [4.69, 9.17) is 4.74 Å². The van der Waals surface area contributed by atoms with Crippen LogP contribution in [0.25, 0.3) is 0 Å².